The predicted molar refractivity (Wildman–Crippen MR) is 111 cm³/mol. The van der Waals surface area contributed by atoms with Crippen LogP contribution in [0.25, 0.3) is 0 Å². The summed E-state index contributed by atoms with van der Waals surface area (Å²) in [6, 6.07) is 21.3. The quantitative estimate of drug-likeness (QED) is 0.423. The number of nitrogens with zero attached hydrogens (tertiary/aromatic N) is 1. The van der Waals surface area contributed by atoms with Crippen molar-refractivity contribution in [1.29, 1.82) is 0 Å². The summed E-state index contributed by atoms with van der Waals surface area (Å²) in [5.41, 5.74) is 7.00. The van der Waals surface area contributed by atoms with E-state index in [1.807, 2.05) is 42.5 Å². The number of hydrogen-bond acceptors (Lipinski definition) is 4. The fourth-order valence-corrected chi connectivity index (χ4v) is 2.66. The number of nitrogens with one attached hydrogen (secondary N) is 1. The van der Waals surface area contributed by atoms with Crippen LogP contribution in [0.1, 0.15) is 16.7 Å². The van der Waals surface area contributed by atoms with Gasteiger partial charge in [-0.2, -0.15) is 5.10 Å². The van der Waals surface area contributed by atoms with Crippen LogP contribution in [-0.4, -0.2) is 13.3 Å². The number of ether oxygens (including phenoxy) is 2. The van der Waals surface area contributed by atoms with Gasteiger partial charge in [-0.1, -0.05) is 47.5 Å². The Bertz CT molecular complexity index is 924. The Kier molecular flexibility index (Phi) is 6.34. The highest BCUT2D eigenvalue weighted by atomic mass is 35.5. The van der Waals surface area contributed by atoms with Crippen molar-refractivity contribution < 1.29 is 9.47 Å². The van der Waals surface area contributed by atoms with E-state index in [1.54, 1.807) is 13.3 Å². The van der Waals surface area contributed by atoms with E-state index in [-0.39, 0.29) is 0 Å². The third kappa shape index (κ3) is 5.50. The molecule has 3 rings (SSSR count). The highest BCUT2D eigenvalue weighted by Crippen LogP contribution is 2.28. The minimum absolute atomic E-state index is 0.470. The first-order valence-corrected chi connectivity index (χ1v) is 8.93. The van der Waals surface area contributed by atoms with E-state index in [0.29, 0.717) is 23.1 Å². The van der Waals surface area contributed by atoms with Crippen molar-refractivity contribution in [2.75, 3.05) is 12.5 Å². The first kappa shape index (κ1) is 18.8. The lowest BCUT2D eigenvalue weighted by molar-refractivity contribution is 0.284. The predicted octanol–water partition coefficient (Wildman–Crippen LogP) is 5.68. The second-order valence-corrected chi connectivity index (χ2v) is 6.50. The van der Waals surface area contributed by atoms with Crippen molar-refractivity contribution in [2.24, 2.45) is 5.10 Å². The maximum atomic E-state index is 5.97. The molecule has 5 heteroatoms. The van der Waals surface area contributed by atoms with Gasteiger partial charge in [0.15, 0.2) is 11.5 Å². The van der Waals surface area contributed by atoms with E-state index in [9.17, 15) is 0 Å². The van der Waals surface area contributed by atoms with E-state index in [0.717, 1.165) is 16.8 Å². The molecule has 0 radical (unpaired) electrons. The standard InChI is InChI=1S/C22H21ClN2O2/c1-16-6-8-17(9-7-16)15-27-22-12-18(10-11-21(22)26-2)14-24-25-20-5-3-4-19(23)13-20/h3-14,25H,15H2,1-2H3. The van der Waals surface area contributed by atoms with Crippen molar-refractivity contribution in [3.63, 3.8) is 0 Å². The van der Waals surface area contributed by atoms with E-state index in [4.69, 9.17) is 21.1 Å². The number of hydrogen-bond donors (Lipinski definition) is 1. The lowest BCUT2D eigenvalue weighted by atomic mass is 10.1. The van der Waals surface area contributed by atoms with E-state index in [2.05, 4.69) is 41.7 Å². The average molecular weight is 381 g/mol. The summed E-state index contributed by atoms with van der Waals surface area (Å²) in [5, 5.41) is 4.91. The van der Waals surface area contributed by atoms with Gasteiger partial charge >= 0.3 is 0 Å². The summed E-state index contributed by atoms with van der Waals surface area (Å²) < 4.78 is 11.3. The molecule has 4 nitrogen and oxygen atoms in total. The molecular formula is C22H21ClN2O2. The fraction of sp³-hybridized carbons (Fsp3) is 0.136. The SMILES string of the molecule is COc1ccc(C=NNc2cccc(Cl)c2)cc1OCc1ccc(C)cc1. The summed E-state index contributed by atoms with van der Waals surface area (Å²) in [5.74, 6) is 1.35. The van der Waals surface area contributed by atoms with Gasteiger partial charge in [-0.05, 0) is 54.4 Å². The molecule has 0 aliphatic heterocycles. The second kappa shape index (κ2) is 9.10. The first-order valence-electron chi connectivity index (χ1n) is 8.55. The van der Waals surface area contributed by atoms with Crippen molar-refractivity contribution in [3.05, 3.63) is 88.4 Å². The number of halogens is 1. The maximum Gasteiger partial charge on any atom is 0.162 e. The van der Waals surface area contributed by atoms with Gasteiger partial charge in [0.25, 0.3) is 0 Å². The summed E-state index contributed by atoms with van der Waals surface area (Å²) in [7, 11) is 1.63. The summed E-state index contributed by atoms with van der Waals surface area (Å²) in [4.78, 5) is 0. The maximum absolute atomic E-state index is 5.97. The Hall–Kier alpha value is -2.98. The first-order chi connectivity index (χ1) is 13.1. The number of rotatable bonds is 7. The zero-order valence-electron chi connectivity index (χ0n) is 15.3. The van der Waals surface area contributed by atoms with Gasteiger partial charge in [-0.25, -0.2) is 0 Å². The smallest absolute Gasteiger partial charge is 0.162 e. The topological polar surface area (TPSA) is 42.8 Å². The van der Waals surface area contributed by atoms with Crippen LogP contribution in [0, 0.1) is 6.92 Å². The van der Waals surface area contributed by atoms with Gasteiger partial charge < -0.3 is 9.47 Å². The van der Waals surface area contributed by atoms with Crippen LogP contribution in [0.4, 0.5) is 5.69 Å². The molecule has 1 N–H and O–H groups in total. The highest BCUT2D eigenvalue weighted by molar-refractivity contribution is 6.30. The summed E-state index contributed by atoms with van der Waals surface area (Å²) in [6.45, 7) is 2.53. The Morgan fingerprint density at radius 1 is 1.00 bits per heavy atom. The van der Waals surface area contributed by atoms with E-state index in [1.165, 1.54) is 5.56 Å². The molecule has 0 aliphatic rings. The molecule has 0 fully saturated rings. The third-order valence-electron chi connectivity index (χ3n) is 3.93. The molecule has 0 amide bonds. The number of anilines is 1. The van der Waals surface area contributed by atoms with Gasteiger partial charge in [0, 0.05) is 5.02 Å². The van der Waals surface area contributed by atoms with Crippen molar-refractivity contribution in [2.45, 2.75) is 13.5 Å². The van der Waals surface area contributed by atoms with Crippen LogP contribution >= 0.6 is 11.6 Å². The zero-order valence-corrected chi connectivity index (χ0v) is 16.0. The van der Waals surface area contributed by atoms with Crippen LogP contribution in [0.2, 0.25) is 5.02 Å². The molecule has 0 heterocycles. The number of aryl methyl sites for hydroxylation is 1. The third-order valence-corrected chi connectivity index (χ3v) is 4.17. The lowest BCUT2D eigenvalue weighted by Crippen LogP contribution is -1.99. The lowest BCUT2D eigenvalue weighted by Gasteiger charge is -2.11. The van der Waals surface area contributed by atoms with E-state index < -0.39 is 0 Å². The molecule has 0 saturated carbocycles. The minimum Gasteiger partial charge on any atom is -0.493 e. The van der Waals surface area contributed by atoms with Gasteiger partial charge in [0.2, 0.25) is 0 Å². The van der Waals surface area contributed by atoms with Crippen molar-refractivity contribution in [1.82, 2.24) is 0 Å². The molecule has 0 unspecified atom stereocenters. The normalized spacial score (nSPS) is 10.8. The van der Waals surface area contributed by atoms with Crippen LogP contribution < -0.4 is 14.9 Å². The van der Waals surface area contributed by atoms with Gasteiger partial charge in [-0.3, -0.25) is 5.43 Å². The van der Waals surface area contributed by atoms with Crippen molar-refractivity contribution in [3.8, 4) is 11.5 Å². The number of methoxy groups -OCH3 is 1. The van der Waals surface area contributed by atoms with Crippen LogP contribution in [0.3, 0.4) is 0 Å². The number of hydrazone groups is 1. The van der Waals surface area contributed by atoms with Gasteiger partial charge in [0.1, 0.15) is 6.61 Å². The van der Waals surface area contributed by atoms with Gasteiger partial charge in [-0.15, -0.1) is 0 Å². The molecule has 0 bridgehead atoms. The molecule has 0 aliphatic carbocycles. The molecule has 3 aromatic carbocycles. The summed E-state index contributed by atoms with van der Waals surface area (Å²) >= 11 is 5.97. The monoisotopic (exact) mass is 380 g/mol. The van der Waals surface area contributed by atoms with Gasteiger partial charge in [0.05, 0.1) is 19.0 Å². The molecular weight excluding hydrogens is 360 g/mol. The molecule has 27 heavy (non-hydrogen) atoms. The Morgan fingerprint density at radius 2 is 1.81 bits per heavy atom. The zero-order chi connectivity index (χ0) is 19.1. The molecule has 0 spiro atoms. The average Bonchev–Trinajstić information content (AvgIpc) is 2.68. The molecule has 138 valence electrons. The molecule has 0 aromatic heterocycles. The molecule has 0 atom stereocenters. The van der Waals surface area contributed by atoms with Crippen LogP contribution in [0.5, 0.6) is 11.5 Å². The second-order valence-electron chi connectivity index (χ2n) is 6.06. The molecule has 3 aromatic rings. The Balaban J connectivity index is 1.68. The number of benzene rings is 3. The van der Waals surface area contributed by atoms with Crippen LogP contribution in [-0.2, 0) is 6.61 Å². The van der Waals surface area contributed by atoms with Crippen molar-refractivity contribution >= 4 is 23.5 Å². The largest absolute Gasteiger partial charge is 0.493 e. The molecule has 0 saturated heterocycles. The van der Waals surface area contributed by atoms with E-state index >= 15 is 0 Å². The highest BCUT2D eigenvalue weighted by Gasteiger charge is 2.06. The van der Waals surface area contributed by atoms with Crippen LogP contribution in [0.15, 0.2) is 71.8 Å². The minimum atomic E-state index is 0.470. The fourth-order valence-electron chi connectivity index (χ4n) is 2.47. The Morgan fingerprint density at radius 3 is 2.56 bits per heavy atom. The Labute approximate surface area is 164 Å². The summed E-state index contributed by atoms with van der Waals surface area (Å²) in [6.07, 6.45) is 1.72.